The van der Waals surface area contributed by atoms with Crippen molar-refractivity contribution in [2.45, 2.75) is 64.7 Å². The van der Waals surface area contributed by atoms with Crippen molar-refractivity contribution in [3.63, 3.8) is 0 Å². The molecule has 2 aromatic carbocycles. The quantitative estimate of drug-likeness (QED) is 0.0636. The van der Waals surface area contributed by atoms with Crippen LogP contribution < -0.4 is 18.9 Å². The van der Waals surface area contributed by atoms with Gasteiger partial charge >= 0.3 is 5.97 Å². The van der Waals surface area contributed by atoms with Crippen LogP contribution in [-0.4, -0.2) is 54.6 Å². The fraction of sp³-hybridized carbons (Fsp3) is 0.484. The molecule has 2 aromatic rings. The van der Waals surface area contributed by atoms with E-state index in [4.69, 9.17) is 28.4 Å². The molecule has 0 radical (unpaired) electrons. The van der Waals surface area contributed by atoms with E-state index in [0.29, 0.717) is 46.5 Å². The van der Waals surface area contributed by atoms with E-state index in [1.165, 1.54) is 0 Å². The summed E-state index contributed by atoms with van der Waals surface area (Å²) in [5, 5.41) is 0. The van der Waals surface area contributed by atoms with Crippen LogP contribution in [0, 0.1) is 0 Å². The number of benzene rings is 2. The zero-order chi connectivity index (χ0) is 29.3. The summed E-state index contributed by atoms with van der Waals surface area (Å²) < 4.78 is 35.2. The van der Waals surface area contributed by atoms with Crippen molar-refractivity contribution < 1.29 is 38.0 Å². The zero-order valence-electron chi connectivity index (χ0n) is 24.8. The SMILES string of the molecule is CCC/C=C1\c2c(OC)cccc2Oc2c1c(OC)cc(OCOCC[Si](C)(C)C)c2C(C=O)CC(=O)OCC. The van der Waals surface area contributed by atoms with Crippen LogP contribution in [0.3, 0.4) is 0 Å². The monoisotopic (exact) mass is 570 g/mol. The van der Waals surface area contributed by atoms with E-state index in [1.807, 2.05) is 18.2 Å². The van der Waals surface area contributed by atoms with Gasteiger partial charge in [-0.1, -0.05) is 45.1 Å². The van der Waals surface area contributed by atoms with E-state index in [2.05, 4.69) is 32.6 Å². The number of rotatable bonds is 15. The van der Waals surface area contributed by atoms with Gasteiger partial charge in [-0.05, 0) is 37.1 Å². The van der Waals surface area contributed by atoms with Gasteiger partial charge < -0.3 is 33.2 Å². The normalized spacial score (nSPS) is 14.0. The lowest BCUT2D eigenvalue weighted by Crippen LogP contribution is -2.22. The van der Waals surface area contributed by atoms with Crippen LogP contribution in [0.25, 0.3) is 5.57 Å². The Morgan fingerprint density at radius 3 is 2.42 bits per heavy atom. The minimum Gasteiger partial charge on any atom is -0.496 e. The van der Waals surface area contributed by atoms with Gasteiger partial charge in [0.25, 0.3) is 0 Å². The van der Waals surface area contributed by atoms with Crippen molar-refractivity contribution in [2.75, 3.05) is 34.2 Å². The summed E-state index contributed by atoms with van der Waals surface area (Å²) in [4.78, 5) is 25.0. The number of carbonyl (C=O) groups is 2. The summed E-state index contributed by atoms with van der Waals surface area (Å²) in [5.74, 6) is 1.13. The highest BCUT2D eigenvalue weighted by molar-refractivity contribution is 6.76. The van der Waals surface area contributed by atoms with Gasteiger partial charge in [0.15, 0.2) is 6.79 Å². The number of hydrogen-bond donors (Lipinski definition) is 0. The molecule has 1 atom stereocenters. The van der Waals surface area contributed by atoms with E-state index >= 15 is 0 Å². The van der Waals surface area contributed by atoms with Crippen LogP contribution in [0.1, 0.15) is 55.7 Å². The predicted octanol–water partition coefficient (Wildman–Crippen LogP) is 6.97. The van der Waals surface area contributed by atoms with Crippen molar-refractivity contribution >= 4 is 25.9 Å². The molecule has 1 heterocycles. The third-order valence-corrected chi connectivity index (χ3v) is 8.29. The molecule has 40 heavy (non-hydrogen) atoms. The van der Waals surface area contributed by atoms with Crippen molar-refractivity contribution in [1.29, 1.82) is 0 Å². The topological polar surface area (TPSA) is 89.5 Å². The zero-order valence-corrected chi connectivity index (χ0v) is 25.8. The van der Waals surface area contributed by atoms with Gasteiger partial charge in [-0.2, -0.15) is 0 Å². The maximum absolute atomic E-state index is 12.5. The second-order valence-corrected chi connectivity index (χ2v) is 16.4. The third kappa shape index (κ3) is 7.45. The van der Waals surface area contributed by atoms with Crippen LogP contribution in [0.2, 0.25) is 25.7 Å². The maximum Gasteiger partial charge on any atom is 0.306 e. The maximum atomic E-state index is 12.5. The minimum atomic E-state index is -1.28. The average molecular weight is 571 g/mol. The molecule has 0 bridgehead atoms. The molecule has 1 aliphatic rings. The first-order valence-electron chi connectivity index (χ1n) is 13.8. The highest BCUT2D eigenvalue weighted by Gasteiger charge is 2.35. The smallest absolute Gasteiger partial charge is 0.306 e. The molecule has 0 amide bonds. The summed E-state index contributed by atoms with van der Waals surface area (Å²) in [6.45, 7) is 11.4. The van der Waals surface area contributed by atoms with Gasteiger partial charge in [0.2, 0.25) is 0 Å². The summed E-state index contributed by atoms with van der Waals surface area (Å²) in [6, 6.07) is 8.31. The third-order valence-electron chi connectivity index (χ3n) is 6.58. The number of hydrogen-bond acceptors (Lipinski definition) is 8. The van der Waals surface area contributed by atoms with E-state index in [9.17, 15) is 9.59 Å². The average Bonchev–Trinajstić information content (AvgIpc) is 2.92. The molecule has 0 saturated carbocycles. The number of aldehydes is 1. The minimum absolute atomic E-state index is 0.0205. The highest BCUT2D eigenvalue weighted by Crippen LogP contribution is 2.55. The fourth-order valence-corrected chi connectivity index (χ4v) is 5.30. The summed E-state index contributed by atoms with van der Waals surface area (Å²) >= 11 is 0. The van der Waals surface area contributed by atoms with E-state index in [-0.39, 0.29) is 19.8 Å². The van der Waals surface area contributed by atoms with Crippen LogP contribution in [0.4, 0.5) is 0 Å². The van der Waals surface area contributed by atoms with Gasteiger partial charge in [-0.25, -0.2) is 0 Å². The summed E-state index contributed by atoms with van der Waals surface area (Å²) in [6.07, 6.45) is 4.42. The summed E-state index contributed by atoms with van der Waals surface area (Å²) in [7, 11) is 1.92. The second-order valence-electron chi connectivity index (χ2n) is 10.8. The first-order chi connectivity index (χ1) is 19.2. The Morgan fingerprint density at radius 1 is 1.05 bits per heavy atom. The summed E-state index contributed by atoms with van der Waals surface area (Å²) in [5.41, 5.74) is 2.79. The number of fused-ring (bicyclic) bond motifs is 2. The number of methoxy groups -OCH3 is 2. The fourth-order valence-electron chi connectivity index (χ4n) is 4.54. The molecule has 0 fully saturated rings. The van der Waals surface area contributed by atoms with Gasteiger partial charge in [0, 0.05) is 26.3 Å². The molecular weight excluding hydrogens is 528 g/mol. The molecule has 0 aromatic heterocycles. The Kier molecular flexibility index (Phi) is 11.2. The largest absolute Gasteiger partial charge is 0.496 e. The van der Waals surface area contributed by atoms with E-state index in [1.54, 1.807) is 27.2 Å². The highest BCUT2D eigenvalue weighted by atomic mass is 28.3. The number of allylic oxidation sites excluding steroid dienone is 1. The number of esters is 1. The Bertz CT molecular complexity index is 1210. The molecule has 218 valence electrons. The number of ether oxygens (including phenoxy) is 6. The first-order valence-corrected chi connectivity index (χ1v) is 17.5. The lowest BCUT2D eigenvalue weighted by atomic mass is 9.85. The molecular formula is C31H42O8Si. The molecule has 9 heteroatoms. The molecule has 0 saturated heterocycles. The second kappa shape index (κ2) is 14.4. The molecule has 0 spiro atoms. The van der Waals surface area contributed by atoms with E-state index < -0.39 is 20.0 Å². The Hall–Kier alpha value is -3.30. The predicted molar refractivity (Wildman–Crippen MR) is 158 cm³/mol. The van der Waals surface area contributed by atoms with Crippen LogP contribution >= 0.6 is 0 Å². The van der Waals surface area contributed by atoms with Gasteiger partial charge in [-0.15, -0.1) is 0 Å². The van der Waals surface area contributed by atoms with Crippen LogP contribution in [0.5, 0.6) is 28.7 Å². The Morgan fingerprint density at radius 2 is 1.80 bits per heavy atom. The van der Waals surface area contributed by atoms with Gasteiger partial charge in [0.1, 0.15) is 35.0 Å². The van der Waals surface area contributed by atoms with Gasteiger partial charge in [-0.3, -0.25) is 4.79 Å². The lowest BCUT2D eigenvalue weighted by molar-refractivity contribution is -0.144. The van der Waals surface area contributed by atoms with Crippen LogP contribution in [-0.2, 0) is 19.1 Å². The van der Waals surface area contributed by atoms with E-state index in [0.717, 1.165) is 36.3 Å². The van der Waals surface area contributed by atoms with Crippen LogP contribution in [0.15, 0.2) is 30.3 Å². The van der Waals surface area contributed by atoms with Crippen molar-refractivity contribution in [2.24, 2.45) is 0 Å². The van der Waals surface area contributed by atoms with Crippen molar-refractivity contribution in [3.05, 3.63) is 47.0 Å². The molecule has 0 N–H and O–H groups in total. The van der Waals surface area contributed by atoms with Gasteiger partial charge in [0.05, 0.1) is 44.3 Å². The lowest BCUT2D eigenvalue weighted by Gasteiger charge is -2.30. The molecule has 3 rings (SSSR count). The Labute approximate surface area is 238 Å². The number of unbranched alkanes of at least 4 members (excludes halogenated alkanes) is 1. The standard InChI is InChI=1S/C31H42O8Si/c1-8-10-12-22-29-23(34-3)13-11-14-24(29)39-31-28(21(19-32)17-27(33)37-9-2)26(18-25(35-4)30(22)31)38-20-36-15-16-40(5,6)7/h11-14,18-19,21H,8-10,15-17,20H2,1-7H3/b22-12+. The molecule has 1 unspecified atom stereocenters. The van der Waals surface area contributed by atoms with Crippen molar-refractivity contribution in [1.82, 2.24) is 0 Å². The molecule has 8 nitrogen and oxygen atoms in total. The molecule has 1 aliphatic heterocycles. The molecule has 0 aliphatic carbocycles. The number of carbonyl (C=O) groups excluding carboxylic acids is 2. The first kappa shape index (κ1) is 31.2. The van der Waals surface area contributed by atoms with Crippen molar-refractivity contribution in [3.8, 4) is 28.7 Å². The Balaban J connectivity index is 2.19.